The van der Waals surface area contributed by atoms with Crippen LogP contribution in [0, 0.1) is 11.8 Å². The Morgan fingerprint density at radius 3 is 2.48 bits per heavy atom. The van der Waals surface area contributed by atoms with Crippen LogP contribution < -0.4 is 5.32 Å². The maximum atomic E-state index is 13.2. The summed E-state index contributed by atoms with van der Waals surface area (Å²) in [5, 5.41) is 7.65. The fourth-order valence-corrected chi connectivity index (χ4v) is 6.61. The van der Waals surface area contributed by atoms with Crippen molar-refractivity contribution < 1.29 is 17.9 Å². The van der Waals surface area contributed by atoms with Crippen molar-refractivity contribution in [3.63, 3.8) is 0 Å². The van der Waals surface area contributed by atoms with Crippen molar-refractivity contribution in [1.82, 2.24) is 19.4 Å². The van der Waals surface area contributed by atoms with Gasteiger partial charge in [-0.15, -0.1) is 0 Å². The van der Waals surface area contributed by atoms with Crippen molar-refractivity contribution >= 4 is 16.1 Å². The third-order valence-electron chi connectivity index (χ3n) is 6.71. The molecule has 0 radical (unpaired) electrons. The molecule has 3 fully saturated rings. The number of hydrogen-bond acceptors (Lipinski definition) is 5. The summed E-state index contributed by atoms with van der Waals surface area (Å²) in [6.07, 6.45) is 3.31. The van der Waals surface area contributed by atoms with E-state index in [0.29, 0.717) is 19.0 Å². The lowest BCUT2D eigenvalue weighted by Gasteiger charge is -2.19. The van der Waals surface area contributed by atoms with Gasteiger partial charge in [-0.3, -0.25) is 4.68 Å². The number of aromatic nitrogens is 2. The van der Waals surface area contributed by atoms with Gasteiger partial charge in [-0.2, -0.15) is 9.40 Å². The maximum absolute atomic E-state index is 13.2. The molecule has 8 nitrogen and oxygen atoms in total. The number of benzene rings is 1. The molecule has 1 saturated heterocycles. The Morgan fingerprint density at radius 1 is 1.16 bits per heavy atom. The lowest BCUT2D eigenvalue weighted by atomic mass is 10.0. The summed E-state index contributed by atoms with van der Waals surface area (Å²) < 4.78 is 34.8. The molecular weight excluding hydrogens is 416 g/mol. The van der Waals surface area contributed by atoms with E-state index >= 15 is 0 Å². The lowest BCUT2D eigenvalue weighted by Crippen LogP contribution is -2.36. The van der Waals surface area contributed by atoms with E-state index in [9.17, 15) is 13.2 Å². The van der Waals surface area contributed by atoms with E-state index in [-0.39, 0.29) is 29.5 Å². The van der Waals surface area contributed by atoms with Crippen LogP contribution in [0.5, 0.6) is 0 Å². The summed E-state index contributed by atoms with van der Waals surface area (Å²) in [5.74, 6) is 0.928. The zero-order valence-corrected chi connectivity index (χ0v) is 18.4. The van der Waals surface area contributed by atoms with Crippen LogP contribution in [0.4, 0.5) is 4.79 Å². The molecule has 2 aliphatic carbocycles. The summed E-state index contributed by atoms with van der Waals surface area (Å²) >= 11 is 0. The Morgan fingerprint density at radius 2 is 1.84 bits per heavy atom. The Bertz CT molecular complexity index is 1050. The summed E-state index contributed by atoms with van der Waals surface area (Å²) in [7, 11) is -1.85. The minimum absolute atomic E-state index is 0.0290. The molecule has 1 amide bonds. The molecule has 166 valence electrons. The van der Waals surface area contributed by atoms with E-state index in [0.717, 1.165) is 36.9 Å². The predicted octanol–water partition coefficient (Wildman–Crippen LogP) is 2.62. The topological polar surface area (TPSA) is 93.5 Å². The van der Waals surface area contributed by atoms with Crippen LogP contribution in [0.2, 0.25) is 0 Å². The van der Waals surface area contributed by atoms with Gasteiger partial charge in [0, 0.05) is 38.2 Å². The fourth-order valence-electron chi connectivity index (χ4n) is 4.93. The summed E-state index contributed by atoms with van der Waals surface area (Å²) in [6, 6.07) is 11.3. The first-order valence-electron chi connectivity index (χ1n) is 10.9. The van der Waals surface area contributed by atoms with Crippen molar-refractivity contribution in [2.45, 2.75) is 49.3 Å². The number of alkyl carbamates (subject to hydrolysis) is 1. The molecule has 1 aliphatic heterocycles. The lowest BCUT2D eigenvalue weighted by molar-refractivity contribution is 0.135. The third kappa shape index (κ3) is 4.21. The van der Waals surface area contributed by atoms with Crippen molar-refractivity contribution in [3.05, 3.63) is 47.7 Å². The molecule has 2 heterocycles. The number of ether oxygens (including phenoxy) is 1. The van der Waals surface area contributed by atoms with Gasteiger partial charge in [-0.25, -0.2) is 13.2 Å². The monoisotopic (exact) mass is 444 g/mol. The molecular formula is C22H28N4O4S. The average molecular weight is 445 g/mol. The Hall–Kier alpha value is -2.39. The fraction of sp³-hybridized carbons (Fsp3) is 0.545. The number of sulfonamides is 1. The molecule has 1 N–H and O–H groups in total. The largest absolute Gasteiger partial charge is 0.445 e. The quantitative estimate of drug-likeness (QED) is 0.739. The highest BCUT2D eigenvalue weighted by molar-refractivity contribution is 7.89. The van der Waals surface area contributed by atoms with Crippen LogP contribution in [0.3, 0.4) is 0 Å². The van der Waals surface area contributed by atoms with Crippen molar-refractivity contribution in [2.75, 3.05) is 13.1 Å². The second-order valence-corrected chi connectivity index (χ2v) is 10.9. The van der Waals surface area contributed by atoms with Gasteiger partial charge in [0.05, 0.1) is 5.69 Å². The van der Waals surface area contributed by atoms with Gasteiger partial charge in [0.1, 0.15) is 6.61 Å². The van der Waals surface area contributed by atoms with Crippen molar-refractivity contribution in [2.24, 2.45) is 18.9 Å². The van der Waals surface area contributed by atoms with Crippen LogP contribution in [0.1, 0.15) is 42.9 Å². The number of nitrogens with zero attached hydrogens (tertiary/aromatic N) is 3. The second-order valence-electron chi connectivity index (χ2n) is 9.02. The van der Waals surface area contributed by atoms with E-state index in [2.05, 4.69) is 10.4 Å². The number of hydrogen-bond donors (Lipinski definition) is 1. The smallest absolute Gasteiger partial charge is 0.407 e. The van der Waals surface area contributed by atoms with Gasteiger partial charge in [-0.05, 0) is 43.1 Å². The molecule has 3 aliphatic rings. The van der Waals surface area contributed by atoms with Crippen LogP contribution in [-0.4, -0.2) is 47.7 Å². The number of rotatable bonds is 6. The van der Waals surface area contributed by atoms with E-state index in [4.69, 9.17) is 4.74 Å². The minimum atomic E-state index is -3.55. The van der Waals surface area contributed by atoms with Gasteiger partial charge in [0.15, 0.2) is 5.03 Å². The molecule has 0 bridgehead atoms. The number of fused-ring (bicyclic) bond motifs is 1. The number of amides is 1. The summed E-state index contributed by atoms with van der Waals surface area (Å²) in [4.78, 5) is 12.2. The molecule has 1 unspecified atom stereocenters. The molecule has 1 aromatic carbocycles. The number of carbonyl (C=O) groups is 1. The highest BCUT2D eigenvalue weighted by atomic mass is 32.2. The van der Waals surface area contributed by atoms with Gasteiger partial charge >= 0.3 is 6.09 Å². The molecule has 1 aromatic heterocycles. The van der Waals surface area contributed by atoms with Crippen molar-refractivity contribution in [3.8, 4) is 0 Å². The SMILES string of the molecule is Cn1nc(C2CC2)cc1S(=O)(=O)N1C[C@H]2CC(NC(=O)OCc3ccccc3)C[C@H]2C1. The number of aryl methyl sites for hydroxylation is 1. The molecule has 2 aromatic rings. The van der Waals surface area contributed by atoms with Gasteiger partial charge < -0.3 is 10.1 Å². The van der Waals surface area contributed by atoms with Gasteiger partial charge in [0.25, 0.3) is 10.0 Å². The zero-order chi connectivity index (χ0) is 21.6. The first-order chi connectivity index (χ1) is 14.9. The van der Waals surface area contributed by atoms with Crippen molar-refractivity contribution in [1.29, 1.82) is 0 Å². The molecule has 9 heteroatoms. The van der Waals surface area contributed by atoms with Crippen LogP contribution in [0.25, 0.3) is 0 Å². The van der Waals surface area contributed by atoms with Crippen LogP contribution in [0.15, 0.2) is 41.4 Å². The van der Waals surface area contributed by atoms with E-state index < -0.39 is 16.1 Å². The predicted molar refractivity (Wildman–Crippen MR) is 114 cm³/mol. The van der Waals surface area contributed by atoms with E-state index in [1.807, 2.05) is 30.3 Å². The van der Waals surface area contributed by atoms with E-state index in [1.165, 1.54) is 4.68 Å². The summed E-state index contributed by atoms with van der Waals surface area (Å²) in [6.45, 7) is 1.23. The Labute approximate surface area is 182 Å². The van der Waals surface area contributed by atoms with Gasteiger partial charge in [-0.1, -0.05) is 30.3 Å². The van der Waals surface area contributed by atoms with E-state index in [1.54, 1.807) is 17.4 Å². The maximum Gasteiger partial charge on any atom is 0.407 e. The summed E-state index contributed by atoms with van der Waals surface area (Å²) in [5.41, 5.74) is 1.83. The number of nitrogens with one attached hydrogen (secondary N) is 1. The zero-order valence-electron chi connectivity index (χ0n) is 17.6. The Kier molecular flexibility index (Phi) is 5.26. The van der Waals surface area contributed by atoms with Gasteiger partial charge in [0.2, 0.25) is 0 Å². The number of carbonyl (C=O) groups excluding carboxylic acids is 1. The highest BCUT2D eigenvalue weighted by Crippen LogP contribution is 2.42. The Balaban J connectivity index is 1.15. The first kappa shape index (κ1) is 20.5. The first-order valence-corrected chi connectivity index (χ1v) is 12.4. The molecule has 3 atom stereocenters. The molecule has 5 rings (SSSR count). The standard InChI is InChI=1S/C22H28N4O4S/c1-25-21(11-20(24-25)16-7-8-16)31(28,29)26-12-17-9-19(10-18(17)13-26)23-22(27)30-14-15-5-3-2-4-6-15/h2-6,11,16-19H,7-10,12-14H2,1H3,(H,23,27)/t17-,18+,19?. The third-order valence-corrected chi connectivity index (χ3v) is 8.60. The molecule has 31 heavy (non-hydrogen) atoms. The molecule has 2 saturated carbocycles. The van der Waals surface area contributed by atoms with Crippen LogP contribution in [-0.2, 0) is 28.4 Å². The second kappa shape index (κ2) is 7.94. The average Bonchev–Trinajstić information content (AvgIpc) is 3.23. The van der Waals surface area contributed by atoms with Crippen LogP contribution >= 0.6 is 0 Å². The molecule has 0 spiro atoms. The highest BCUT2D eigenvalue weighted by Gasteiger charge is 2.46. The minimum Gasteiger partial charge on any atom is -0.445 e. The normalized spacial score (nSPS) is 26.0.